The van der Waals surface area contributed by atoms with Crippen LogP contribution < -0.4 is 5.11 Å². The van der Waals surface area contributed by atoms with Crippen LogP contribution in [0.15, 0.2) is 12.2 Å². The molecule has 0 aliphatic heterocycles. The van der Waals surface area contributed by atoms with E-state index in [0.29, 0.717) is 0 Å². The highest BCUT2D eigenvalue weighted by Crippen LogP contribution is 2.57. The topological polar surface area (TPSA) is 94.5 Å². The van der Waals surface area contributed by atoms with Crippen LogP contribution in [0.5, 0.6) is 0 Å². The molecule has 0 saturated carbocycles. The first-order chi connectivity index (χ1) is 12.0. The summed E-state index contributed by atoms with van der Waals surface area (Å²) in [6, 6.07) is 0. The minimum atomic E-state index is -4.00. The summed E-state index contributed by atoms with van der Waals surface area (Å²) in [5, 5.41) is 10.0. The number of carboxylic acids is 1. The largest absolute Gasteiger partial charge is 0.545 e. The molecule has 0 amide bonds. The van der Waals surface area contributed by atoms with Crippen molar-refractivity contribution in [2.45, 2.75) is 72.1 Å². The molecular weight excluding hydrogens is 371 g/mol. The molecule has 0 saturated heterocycles. The Morgan fingerprint density at radius 2 is 1.35 bits per heavy atom. The van der Waals surface area contributed by atoms with Gasteiger partial charge in [-0.3, -0.25) is 4.55 Å². The van der Waals surface area contributed by atoms with Gasteiger partial charge in [0.05, 0.1) is 30.2 Å². The SMILES string of the molecule is C=C(CCCS(=O)(=O)O)C(=O)[O-].CCCC[P+](C)(CCCC)CCCC. The van der Waals surface area contributed by atoms with E-state index in [-0.39, 0.29) is 18.4 Å². The summed E-state index contributed by atoms with van der Waals surface area (Å²) in [7, 11) is -4.52. The van der Waals surface area contributed by atoms with Crippen LogP contribution in [-0.2, 0) is 14.9 Å². The van der Waals surface area contributed by atoms with Crippen LogP contribution in [-0.4, -0.2) is 49.8 Å². The van der Waals surface area contributed by atoms with Crippen LogP contribution in [0.2, 0.25) is 0 Å². The molecule has 26 heavy (non-hydrogen) atoms. The fraction of sp³-hybridized carbons (Fsp3) is 0.842. The van der Waals surface area contributed by atoms with Gasteiger partial charge >= 0.3 is 0 Å². The number of carboxylic acid groups (broad SMARTS) is 1. The third-order valence-corrected chi connectivity index (χ3v) is 9.32. The molecule has 0 spiro atoms. The van der Waals surface area contributed by atoms with Gasteiger partial charge in [-0.05, 0) is 37.7 Å². The first-order valence-electron chi connectivity index (χ1n) is 9.69. The Morgan fingerprint density at radius 3 is 1.62 bits per heavy atom. The third kappa shape index (κ3) is 18.3. The quantitative estimate of drug-likeness (QED) is 0.265. The summed E-state index contributed by atoms with van der Waals surface area (Å²) in [4.78, 5) is 10.0. The smallest absolute Gasteiger partial charge is 0.264 e. The number of carbonyl (C=O) groups excluding carboxylic acids is 1. The first kappa shape index (κ1) is 27.8. The van der Waals surface area contributed by atoms with Gasteiger partial charge in [-0.1, -0.05) is 46.6 Å². The molecule has 0 bridgehead atoms. The highest BCUT2D eigenvalue weighted by Gasteiger charge is 2.28. The highest BCUT2D eigenvalue weighted by atomic mass is 32.2. The Morgan fingerprint density at radius 1 is 0.962 bits per heavy atom. The monoisotopic (exact) mass is 410 g/mol. The Hall–Kier alpha value is -0.450. The van der Waals surface area contributed by atoms with Gasteiger partial charge in [0.1, 0.15) is 0 Å². The molecule has 5 nitrogen and oxygen atoms in total. The van der Waals surface area contributed by atoms with E-state index in [0.717, 1.165) is 0 Å². The Balaban J connectivity index is 0. The summed E-state index contributed by atoms with van der Waals surface area (Å²) in [6.07, 6.45) is 13.3. The van der Waals surface area contributed by atoms with Gasteiger partial charge in [0.2, 0.25) is 0 Å². The molecule has 0 atom stereocenters. The fourth-order valence-electron chi connectivity index (χ4n) is 2.52. The summed E-state index contributed by atoms with van der Waals surface area (Å²) >= 11 is 0. The average Bonchev–Trinajstić information content (AvgIpc) is 2.56. The number of unbranched alkanes of at least 4 members (excludes halogenated alkanes) is 3. The summed E-state index contributed by atoms with van der Waals surface area (Å²) in [5.74, 6) is -1.86. The fourth-order valence-corrected chi connectivity index (χ4v) is 6.94. The Bertz CT molecular complexity index is 466. The second-order valence-electron chi connectivity index (χ2n) is 7.13. The zero-order chi connectivity index (χ0) is 20.6. The lowest BCUT2D eigenvalue weighted by Crippen LogP contribution is -2.24. The van der Waals surface area contributed by atoms with Gasteiger partial charge in [0.25, 0.3) is 10.1 Å². The maximum Gasteiger partial charge on any atom is 0.264 e. The zero-order valence-electron chi connectivity index (χ0n) is 17.1. The van der Waals surface area contributed by atoms with Crippen LogP contribution in [0.25, 0.3) is 0 Å². The second-order valence-corrected chi connectivity index (χ2v) is 13.3. The van der Waals surface area contributed by atoms with Crippen molar-refractivity contribution in [3.63, 3.8) is 0 Å². The molecule has 0 heterocycles. The lowest BCUT2D eigenvalue weighted by Gasteiger charge is -2.22. The molecular formula is C19H39O5PS. The maximum absolute atomic E-state index is 10.1. The van der Waals surface area contributed by atoms with Gasteiger partial charge in [-0.15, -0.1) is 0 Å². The minimum absolute atomic E-state index is 0.00211. The molecule has 0 fully saturated rings. The predicted molar refractivity (Wildman–Crippen MR) is 112 cm³/mol. The van der Waals surface area contributed by atoms with Gasteiger partial charge in [0, 0.05) is 13.9 Å². The van der Waals surface area contributed by atoms with Crippen molar-refractivity contribution in [3.05, 3.63) is 12.2 Å². The normalized spacial score (nSPS) is 11.6. The maximum atomic E-state index is 10.1. The van der Waals surface area contributed by atoms with Crippen LogP contribution >= 0.6 is 7.26 Å². The van der Waals surface area contributed by atoms with Crippen molar-refractivity contribution >= 4 is 23.3 Å². The summed E-state index contributed by atoms with van der Waals surface area (Å²) in [6.45, 7) is 12.7. The van der Waals surface area contributed by atoms with Gasteiger partial charge in [0.15, 0.2) is 0 Å². The van der Waals surface area contributed by atoms with Crippen LogP contribution in [0.3, 0.4) is 0 Å². The molecule has 0 rings (SSSR count). The summed E-state index contributed by atoms with van der Waals surface area (Å²) in [5.41, 5.74) is -0.168. The minimum Gasteiger partial charge on any atom is -0.545 e. The van der Waals surface area contributed by atoms with E-state index in [9.17, 15) is 18.3 Å². The number of aliphatic carboxylic acids is 1. The number of hydrogen-bond donors (Lipinski definition) is 1. The lowest BCUT2D eigenvalue weighted by atomic mass is 10.2. The average molecular weight is 411 g/mol. The van der Waals surface area contributed by atoms with E-state index in [1.165, 1.54) is 38.5 Å². The molecule has 0 aromatic heterocycles. The number of carbonyl (C=O) groups is 1. The summed E-state index contributed by atoms with van der Waals surface area (Å²) < 4.78 is 28.5. The Labute approximate surface area is 161 Å². The molecule has 0 unspecified atom stereocenters. The van der Waals surface area contributed by atoms with E-state index in [1.807, 2.05) is 0 Å². The third-order valence-electron chi connectivity index (χ3n) is 4.32. The Kier molecular flexibility index (Phi) is 16.7. The van der Waals surface area contributed by atoms with Crippen LogP contribution in [0.4, 0.5) is 0 Å². The van der Waals surface area contributed by atoms with E-state index < -0.39 is 29.1 Å². The predicted octanol–water partition coefficient (Wildman–Crippen LogP) is 3.99. The first-order valence-corrected chi connectivity index (χ1v) is 14.1. The van der Waals surface area contributed by atoms with Gasteiger partial charge in [-0.25, -0.2) is 0 Å². The molecule has 1 N–H and O–H groups in total. The number of rotatable bonds is 14. The molecule has 0 aromatic rings. The molecule has 156 valence electrons. The van der Waals surface area contributed by atoms with Gasteiger partial charge in [-0.2, -0.15) is 8.42 Å². The van der Waals surface area contributed by atoms with Crippen molar-refractivity contribution < 1.29 is 22.9 Å². The molecule has 7 heteroatoms. The lowest BCUT2D eigenvalue weighted by molar-refractivity contribution is -0.299. The van der Waals surface area contributed by atoms with Crippen molar-refractivity contribution in [2.75, 3.05) is 30.9 Å². The number of hydrogen-bond acceptors (Lipinski definition) is 4. The van der Waals surface area contributed by atoms with Crippen molar-refractivity contribution in [1.29, 1.82) is 0 Å². The molecule has 0 radical (unpaired) electrons. The molecule has 0 aromatic carbocycles. The van der Waals surface area contributed by atoms with Crippen LogP contribution in [0.1, 0.15) is 72.1 Å². The van der Waals surface area contributed by atoms with Crippen LogP contribution in [0, 0.1) is 0 Å². The van der Waals surface area contributed by atoms with E-state index >= 15 is 0 Å². The second kappa shape index (κ2) is 15.6. The van der Waals surface area contributed by atoms with E-state index in [2.05, 4.69) is 34.0 Å². The van der Waals surface area contributed by atoms with Crippen molar-refractivity contribution in [1.82, 2.24) is 0 Å². The standard InChI is InChI=1S/C13H30P.C6H10O5S/c1-5-8-11-14(4,12-9-6-2)13-10-7-3;1-5(6(7)8)3-2-4-12(9,10)11/h5-13H2,1-4H3;1-4H2,(H,7,8)(H,9,10,11)/q+1;/p-1. The van der Waals surface area contributed by atoms with E-state index in [4.69, 9.17) is 4.55 Å². The van der Waals surface area contributed by atoms with Crippen molar-refractivity contribution in [3.8, 4) is 0 Å². The molecule has 0 aliphatic carbocycles. The zero-order valence-corrected chi connectivity index (χ0v) is 18.8. The van der Waals surface area contributed by atoms with Crippen molar-refractivity contribution in [2.24, 2.45) is 0 Å². The molecule has 0 aliphatic rings. The van der Waals surface area contributed by atoms with Gasteiger partial charge < -0.3 is 9.90 Å². The van der Waals surface area contributed by atoms with E-state index in [1.54, 1.807) is 18.5 Å². The highest BCUT2D eigenvalue weighted by molar-refractivity contribution is 7.85.